The van der Waals surface area contributed by atoms with E-state index in [-0.39, 0.29) is 11.1 Å². The van der Waals surface area contributed by atoms with Gasteiger partial charge in [0.1, 0.15) is 5.75 Å². The van der Waals surface area contributed by atoms with Gasteiger partial charge in [0.25, 0.3) is 0 Å². The fourth-order valence-electron chi connectivity index (χ4n) is 2.61. The smallest absolute Gasteiger partial charge is 0.118 e. The number of ether oxygens (including phenoxy) is 1. The van der Waals surface area contributed by atoms with Crippen molar-refractivity contribution >= 4 is 0 Å². The first-order chi connectivity index (χ1) is 7.45. The second-order valence-corrected chi connectivity index (χ2v) is 5.57. The van der Waals surface area contributed by atoms with E-state index in [4.69, 9.17) is 4.74 Å². The Balaban J connectivity index is 2.23. The predicted octanol–water partition coefficient (Wildman–Crippen LogP) is 3.07. The standard InChI is InChI=1S/C14H21NO/c1-13(2)9-10-14(3,15-13)11-5-7-12(16-4)8-6-11/h5-8,15H,9-10H2,1-4H3. The zero-order valence-corrected chi connectivity index (χ0v) is 10.6. The van der Waals surface area contributed by atoms with Crippen LogP contribution in [0, 0.1) is 0 Å². The van der Waals surface area contributed by atoms with Crippen LogP contribution in [0.4, 0.5) is 0 Å². The molecule has 0 amide bonds. The molecule has 1 saturated heterocycles. The Morgan fingerprint density at radius 1 is 1.06 bits per heavy atom. The fourth-order valence-corrected chi connectivity index (χ4v) is 2.61. The average Bonchev–Trinajstić information content (AvgIpc) is 2.54. The number of hydrogen-bond donors (Lipinski definition) is 1. The molecule has 1 heterocycles. The van der Waals surface area contributed by atoms with E-state index >= 15 is 0 Å². The molecule has 2 rings (SSSR count). The van der Waals surface area contributed by atoms with Crippen LogP contribution in [0.1, 0.15) is 39.2 Å². The summed E-state index contributed by atoms with van der Waals surface area (Å²) in [6.07, 6.45) is 2.40. The van der Waals surface area contributed by atoms with Gasteiger partial charge in [0, 0.05) is 11.1 Å². The van der Waals surface area contributed by atoms with Gasteiger partial charge >= 0.3 is 0 Å². The van der Waals surface area contributed by atoms with E-state index in [1.54, 1.807) is 7.11 Å². The monoisotopic (exact) mass is 219 g/mol. The van der Waals surface area contributed by atoms with Gasteiger partial charge in [-0.25, -0.2) is 0 Å². The zero-order valence-electron chi connectivity index (χ0n) is 10.6. The lowest BCUT2D eigenvalue weighted by Crippen LogP contribution is -2.43. The van der Waals surface area contributed by atoms with E-state index in [0.717, 1.165) is 5.75 Å². The van der Waals surface area contributed by atoms with Crippen molar-refractivity contribution in [2.24, 2.45) is 0 Å². The highest BCUT2D eigenvalue weighted by molar-refractivity contribution is 5.32. The number of methoxy groups -OCH3 is 1. The van der Waals surface area contributed by atoms with Gasteiger partial charge in [-0.05, 0) is 51.3 Å². The Morgan fingerprint density at radius 2 is 1.69 bits per heavy atom. The van der Waals surface area contributed by atoms with Gasteiger partial charge < -0.3 is 10.1 Å². The summed E-state index contributed by atoms with van der Waals surface area (Å²) in [6.45, 7) is 6.81. The maximum absolute atomic E-state index is 5.19. The summed E-state index contributed by atoms with van der Waals surface area (Å²) in [5.41, 5.74) is 1.70. The molecule has 1 unspecified atom stereocenters. The van der Waals surface area contributed by atoms with Gasteiger partial charge in [-0.3, -0.25) is 0 Å². The van der Waals surface area contributed by atoms with Crippen LogP contribution in [0.15, 0.2) is 24.3 Å². The molecule has 0 aliphatic carbocycles. The van der Waals surface area contributed by atoms with Crippen molar-refractivity contribution in [1.29, 1.82) is 0 Å². The first kappa shape index (κ1) is 11.5. The average molecular weight is 219 g/mol. The second-order valence-electron chi connectivity index (χ2n) is 5.57. The molecule has 1 fully saturated rings. The van der Waals surface area contributed by atoms with Crippen LogP contribution >= 0.6 is 0 Å². The summed E-state index contributed by atoms with van der Waals surface area (Å²) in [4.78, 5) is 0. The van der Waals surface area contributed by atoms with Crippen LogP contribution in [0.5, 0.6) is 5.75 Å². The highest BCUT2D eigenvalue weighted by atomic mass is 16.5. The summed E-state index contributed by atoms with van der Waals surface area (Å²) >= 11 is 0. The lowest BCUT2D eigenvalue weighted by atomic mass is 9.90. The number of benzene rings is 1. The topological polar surface area (TPSA) is 21.3 Å². The maximum Gasteiger partial charge on any atom is 0.118 e. The lowest BCUT2D eigenvalue weighted by molar-refractivity contribution is 0.353. The molecule has 1 aromatic carbocycles. The first-order valence-corrected chi connectivity index (χ1v) is 5.89. The van der Waals surface area contributed by atoms with Gasteiger partial charge in [-0.15, -0.1) is 0 Å². The quantitative estimate of drug-likeness (QED) is 0.825. The maximum atomic E-state index is 5.19. The molecular formula is C14H21NO. The van der Waals surface area contributed by atoms with Crippen molar-refractivity contribution in [3.05, 3.63) is 29.8 Å². The van der Waals surface area contributed by atoms with Crippen molar-refractivity contribution in [1.82, 2.24) is 5.32 Å². The van der Waals surface area contributed by atoms with Crippen molar-refractivity contribution in [3.63, 3.8) is 0 Å². The molecule has 1 aliphatic heterocycles. The molecule has 0 saturated carbocycles. The number of hydrogen-bond acceptors (Lipinski definition) is 2. The summed E-state index contributed by atoms with van der Waals surface area (Å²) in [7, 11) is 1.70. The minimum atomic E-state index is 0.107. The van der Waals surface area contributed by atoms with Crippen LogP contribution in [-0.2, 0) is 5.54 Å². The van der Waals surface area contributed by atoms with Gasteiger partial charge in [0.2, 0.25) is 0 Å². The third-order valence-corrected chi connectivity index (χ3v) is 3.59. The fraction of sp³-hybridized carbons (Fsp3) is 0.571. The van der Waals surface area contributed by atoms with Crippen molar-refractivity contribution < 1.29 is 4.74 Å². The van der Waals surface area contributed by atoms with E-state index in [1.807, 2.05) is 12.1 Å². The Hall–Kier alpha value is -1.02. The second kappa shape index (κ2) is 3.77. The van der Waals surface area contributed by atoms with Crippen LogP contribution < -0.4 is 10.1 Å². The Kier molecular flexibility index (Phi) is 2.70. The van der Waals surface area contributed by atoms with E-state index < -0.39 is 0 Å². The minimum Gasteiger partial charge on any atom is -0.497 e. The van der Waals surface area contributed by atoms with Crippen LogP contribution in [0.3, 0.4) is 0 Å². The van der Waals surface area contributed by atoms with Crippen molar-refractivity contribution in [3.8, 4) is 5.75 Å². The predicted molar refractivity (Wildman–Crippen MR) is 66.8 cm³/mol. The lowest BCUT2D eigenvalue weighted by Gasteiger charge is -2.29. The van der Waals surface area contributed by atoms with Gasteiger partial charge in [-0.2, -0.15) is 0 Å². The van der Waals surface area contributed by atoms with E-state index in [2.05, 4.69) is 38.2 Å². The molecule has 1 N–H and O–H groups in total. The normalized spacial score (nSPS) is 28.0. The molecule has 0 aromatic heterocycles. The van der Waals surface area contributed by atoms with Crippen LogP contribution in [0.25, 0.3) is 0 Å². The van der Waals surface area contributed by atoms with E-state index in [0.29, 0.717) is 0 Å². The van der Waals surface area contributed by atoms with Gasteiger partial charge in [0.05, 0.1) is 7.11 Å². The summed E-state index contributed by atoms with van der Waals surface area (Å²) < 4.78 is 5.19. The van der Waals surface area contributed by atoms with Crippen molar-refractivity contribution in [2.45, 2.75) is 44.7 Å². The molecular weight excluding hydrogens is 198 g/mol. The van der Waals surface area contributed by atoms with E-state index in [1.165, 1.54) is 18.4 Å². The summed E-state index contributed by atoms with van der Waals surface area (Å²) in [6, 6.07) is 8.39. The first-order valence-electron chi connectivity index (χ1n) is 5.89. The third-order valence-electron chi connectivity index (χ3n) is 3.59. The zero-order chi connectivity index (χ0) is 11.8. The number of nitrogens with one attached hydrogen (secondary N) is 1. The molecule has 1 aromatic rings. The summed E-state index contributed by atoms with van der Waals surface area (Å²) in [5.74, 6) is 0.921. The molecule has 16 heavy (non-hydrogen) atoms. The van der Waals surface area contributed by atoms with Crippen LogP contribution in [-0.4, -0.2) is 12.6 Å². The van der Waals surface area contributed by atoms with Gasteiger partial charge in [0.15, 0.2) is 0 Å². The van der Waals surface area contributed by atoms with Gasteiger partial charge in [-0.1, -0.05) is 12.1 Å². The SMILES string of the molecule is COc1ccc(C2(C)CCC(C)(C)N2)cc1. The Labute approximate surface area is 98.0 Å². The molecule has 0 bridgehead atoms. The molecule has 2 nitrogen and oxygen atoms in total. The molecule has 1 aliphatic rings. The molecule has 2 heteroatoms. The third kappa shape index (κ3) is 2.07. The Morgan fingerprint density at radius 3 is 2.12 bits per heavy atom. The van der Waals surface area contributed by atoms with E-state index in [9.17, 15) is 0 Å². The number of rotatable bonds is 2. The highest BCUT2D eigenvalue weighted by Crippen LogP contribution is 2.38. The highest BCUT2D eigenvalue weighted by Gasteiger charge is 2.39. The van der Waals surface area contributed by atoms with Crippen molar-refractivity contribution in [2.75, 3.05) is 7.11 Å². The minimum absolute atomic E-state index is 0.107. The Bertz CT molecular complexity index is 369. The molecule has 88 valence electrons. The summed E-state index contributed by atoms with van der Waals surface area (Å²) in [5, 5.41) is 3.72. The molecule has 0 spiro atoms. The van der Waals surface area contributed by atoms with Crippen LogP contribution in [0.2, 0.25) is 0 Å². The largest absolute Gasteiger partial charge is 0.497 e. The molecule has 1 atom stereocenters. The molecule has 0 radical (unpaired) electrons.